The van der Waals surface area contributed by atoms with Crippen molar-refractivity contribution in [2.24, 2.45) is 5.92 Å². The van der Waals surface area contributed by atoms with Gasteiger partial charge in [0.15, 0.2) is 0 Å². The minimum atomic E-state index is -0.00512. The normalized spacial score (nSPS) is 29.0. The largest absolute Gasteiger partial charge is 0.462 e. The Morgan fingerprint density at radius 3 is 2.83 bits per heavy atom. The number of alkyl halides is 1. The van der Waals surface area contributed by atoms with E-state index >= 15 is 0 Å². The van der Waals surface area contributed by atoms with Gasteiger partial charge in [0.25, 0.3) is 0 Å². The number of ether oxygens (including phenoxy) is 1. The first-order valence-electron chi connectivity index (χ1n) is 4.50. The number of hydrogen-bond acceptors (Lipinski definition) is 2. The van der Waals surface area contributed by atoms with Crippen molar-refractivity contribution in [3.63, 3.8) is 0 Å². The Morgan fingerprint density at radius 1 is 1.58 bits per heavy atom. The fourth-order valence-corrected chi connectivity index (χ4v) is 2.00. The summed E-state index contributed by atoms with van der Waals surface area (Å²) in [5.41, 5.74) is 0. The van der Waals surface area contributed by atoms with Crippen LogP contribution in [0.25, 0.3) is 0 Å². The number of carbonyl (C=O) groups is 1. The Kier molecular flexibility index (Phi) is 4.32. The van der Waals surface area contributed by atoms with Gasteiger partial charge in [-0.2, -0.15) is 0 Å². The molecule has 1 aliphatic heterocycles. The zero-order valence-electron chi connectivity index (χ0n) is 7.38. The summed E-state index contributed by atoms with van der Waals surface area (Å²) in [5.74, 6) is 0.129. The second kappa shape index (κ2) is 5.04. The molecule has 0 aromatic heterocycles. The summed E-state index contributed by atoms with van der Waals surface area (Å²) in [6, 6.07) is 0. The van der Waals surface area contributed by atoms with E-state index in [1.807, 2.05) is 6.92 Å². The lowest BCUT2D eigenvalue weighted by molar-refractivity contribution is -0.144. The number of hydrogen-bond donors (Lipinski definition) is 0. The van der Waals surface area contributed by atoms with Gasteiger partial charge in [0.2, 0.25) is 0 Å². The molecule has 0 bridgehead atoms. The molecule has 0 unspecified atom stereocenters. The Balaban J connectivity index is 2.14. The number of halogens is 1. The van der Waals surface area contributed by atoms with Crippen LogP contribution in [0.1, 0.15) is 32.6 Å². The van der Waals surface area contributed by atoms with E-state index < -0.39 is 0 Å². The smallest absolute Gasteiger partial charge is 0.309 e. The van der Waals surface area contributed by atoms with Crippen LogP contribution < -0.4 is 0 Å². The second-order valence-electron chi connectivity index (χ2n) is 3.38. The molecule has 3 heteroatoms. The number of esters is 1. The fraction of sp³-hybridized carbons (Fsp3) is 0.889. The summed E-state index contributed by atoms with van der Waals surface area (Å²) in [6.45, 7) is 1.95. The van der Waals surface area contributed by atoms with E-state index in [0.717, 1.165) is 12.8 Å². The highest BCUT2D eigenvalue weighted by atomic mass is 127. The highest BCUT2D eigenvalue weighted by Crippen LogP contribution is 2.24. The van der Waals surface area contributed by atoms with Crippen molar-refractivity contribution in [2.45, 2.75) is 38.7 Å². The molecule has 0 aromatic carbocycles. The molecule has 0 aliphatic carbocycles. The van der Waals surface area contributed by atoms with Crippen molar-refractivity contribution in [3.05, 3.63) is 0 Å². The maximum atomic E-state index is 11.0. The molecule has 1 fully saturated rings. The molecule has 0 saturated carbocycles. The molecule has 12 heavy (non-hydrogen) atoms. The van der Waals surface area contributed by atoms with E-state index in [4.69, 9.17) is 4.74 Å². The molecule has 1 heterocycles. The predicted molar refractivity (Wildman–Crippen MR) is 56.4 cm³/mol. The maximum absolute atomic E-state index is 11.0. The lowest BCUT2D eigenvalue weighted by Gasteiger charge is -2.06. The Bertz CT molecular complexity index is 159. The minimum Gasteiger partial charge on any atom is -0.462 e. The molecule has 70 valence electrons. The SMILES string of the molecule is C[C@@H]1C[C@@H](CCCCI)OC1=O. The molecule has 1 saturated heterocycles. The number of unbranched alkanes of at least 4 members (excludes halogenated alkanes) is 1. The first kappa shape index (κ1) is 10.3. The van der Waals surface area contributed by atoms with Gasteiger partial charge in [-0.05, 0) is 30.1 Å². The first-order valence-corrected chi connectivity index (χ1v) is 6.03. The van der Waals surface area contributed by atoms with Crippen molar-refractivity contribution in [1.82, 2.24) is 0 Å². The lowest BCUT2D eigenvalue weighted by atomic mass is 10.0. The van der Waals surface area contributed by atoms with Crippen LogP contribution in [0.2, 0.25) is 0 Å². The minimum absolute atomic E-state index is 0.00512. The topological polar surface area (TPSA) is 26.3 Å². The van der Waals surface area contributed by atoms with Gasteiger partial charge < -0.3 is 4.74 Å². The average molecular weight is 282 g/mol. The second-order valence-corrected chi connectivity index (χ2v) is 4.46. The van der Waals surface area contributed by atoms with E-state index in [-0.39, 0.29) is 18.0 Å². The summed E-state index contributed by atoms with van der Waals surface area (Å²) in [4.78, 5) is 11.0. The number of carbonyl (C=O) groups excluding carboxylic acids is 1. The van der Waals surface area contributed by atoms with Crippen molar-refractivity contribution in [2.75, 3.05) is 4.43 Å². The highest BCUT2D eigenvalue weighted by Gasteiger charge is 2.29. The molecule has 2 atom stereocenters. The van der Waals surface area contributed by atoms with Crippen LogP contribution in [0.15, 0.2) is 0 Å². The van der Waals surface area contributed by atoms with Crippen LogP contribution in [0.4, 0.5) is 0 Å². The monoisotopic (exact) mass is 282 g/mol. The van der Waals surface area contributed by atoms with Crippen molar-refractivity contribution in [1.29, 1.82) is 0 Å². The summed E-state index contributed by atoms with van der Waals surface area (Å²) in [7, 11) is 0. The third-order valence-corrected chi connectivity index (χ3v) is 2.97. The molecular formula is C9H15IO2. The fourth-order valence-electron chi connectivity index (χ4n) is 1.46. The van der Waals surface area contributed by atoms with E-state index in [9.17, 15) is 4.79 Å². The highest BCUT2D eigenvalue weighted by molar-refractivity contribution is 14.1. The van der Waals surface area contributed by atoms with Crippen LogP contribution in [-0.4, -0.2) is 16.5 Å². The third-order valence-electron chi connectivity index (χ3n) is 2.21. The summed E-state index contributed by atoms with van der Waals surface area (Å²) in [5, 5.41) is 0. The van der Waals surface area contributed by atoms with E-state index in [1.54, 1.807) is 0 Å². The Hall–Kier alpha value is 0.200. The van der Waals surface area contributed by atoms with Gasteiger partial charge in [-0.25, -0.2) is 0 Å². The Morgan fingerprint density at radius 2 is 2.33 bits per heavy atom. The average Bonchev–Trinajstić information content (AvgIpc) is 2.32. The lowest BCUT2D eigenvalue weighted by Crippen LogP contribution is -2.06. The Labute approximate surface area is 87.2 Å². The van der Waals surface area contributed by atoms with Crippen molar-refractivity contribution in [3.8, 4) is 0 Å². The molecule has 0 spiro atoms. The first-order chi connectivity index (χ1) is 5.74. The third kappa shape index (κ3) is 2.92. The molecular weight excluding hydrogens is 267 g/mol. The van der Waals surface area contributed by atoms with Gasteiger partial charge in [-0.15, -0.1) is 0 Å². The van der Waals surface area contributed by atoms with Crippen LogP contribution in [0.3, 0.4) is 0 Å². The summed E-state index contributed by atoms with van der Waals surface area (Å²) >= 11 is 2.37. The van der Waals surface area contributed by atoms with Crippen LogP contribution >= 0.6 is 22.6 Å². The standard InChI is InChI=1S/C9H15IO2/c1-7-6-8(12-9(7)11)4-2-3-5-10/h7-8H,2-6H2,1H3/t7-,8-/m1/s1. The van der Waals surface area contributed by atoms with Gasteiger partial charge in [-0.3, -0.25) is 4.79 Å². The molecule has 0 N–H and O–H groups in total. The number of rotatable bonds is 4. The van der Waals surface area contributed by atoms with Gasteiger partial charge >= 0.3 is 5.97 Å². The quantitative estimate of drug-likeness (QED) is 0.343. The van der Waals surface area contributed by atoms with Gasteiger partial charge in [0.05, 0.1) is 5.92 Å². The van der Waals surface area contributed by atoms with Gasteiger partial charge in [0, 0.05) is 0 Å². The van der Waals surface area contributed by atoms with Gasteiger partial charge in [0.1, 0.15) is 6.10 Å². The van der Waals surface area contributed by atoms with Crippen molar-refractivity contribution >= 4 is 28.6 Å². The molecule has 0 amide bonds. The van der Waals surface area contributed by atoms with Crippen LogP contribution in [0.5, 0.6) is 0 Å². The maximum Gasteiger partial charge on any atom is 0.309 e. The molecule has 0 radical (unpaired) electrons. The van der Waals surface area contributed by atoms with Crippen LogP contribution in [-0.2, 0) is 9.53 Å². The van der Waals surface area contributed by atoms with Gasteiger partial charge in [-0.1, -0.05) is 29.5 Å². The molecule has 1 rings (SSSR count). The van der Waals surface area contributed by atoms with E-state index in [0.29, 0.717) is 0 Å². The predicted octanol–water partition coefficient (Wildman–Crippen LogP) is 2.54. The molecule has 0 aromatic rings. The summed E-state index contributed by atoms with van der Waals surface area (Å²) < 4.78 is 6.38. The zero-order chi connectivity index (χ0) is 8.97. The van der Waals surface area contributed by atoms with E-state index in [1.165, 1.54) is 17.3 Å². The molecule has 2 nitrogen and oxygen atoms in total. The van der Waals surface area contributed by atoms with E-state index in [2.05, 4.69) is 22.6 Å². The summed E-state index contributed by atoms with van der Waals surface area (Å²) in [6.07, 6.45) is 4.63. The zero-order valence-corrected chi connectivity index (χ0v) is 9.54. The van der Waals surface area contributed by atoms with Crippen molar-refractivity contribution < 1.29 is 9.53 Å². The van der Waals surface area contributed by atoms with Crippen LogP contribution in [0, 0.1) is 5.92 Å². The molecule has 1 aliphatic rings. The number of cyclic esters (lactones) is 1.